The molecular formula is C23H42SSi. The van der Waals surface area contributed by atoms with Crippen LogP contribution in [0, 0.1) is 17.8 Å². The van der Waals surface area contributed by atoms with Crippen molar-refractivity contribution in [3.05, 3.63) is 29.3 Å². The second kappa shape index (κ2) is 10.8. The number of unbranched alkanes of at least 4 members (excludes halogenated alkanes) is 1. The third kappa shape index (κ3) is 8.34. The first-order chi connectivity index (χ1) is 11.7. The molecule has 0 spiro atoms. The first kappa shape index (κ1) is 22.8. The van der Waals surface area contributed by atoms with Crippen LogP contribution in [0.2, 0.25) is 18.1 Å². The lowest BCUT2D eigenvalue weighted by molar-refractivity contribution is 0.637. The molecule has 25 heavy (non-hydrogen) atoms. The zero-order valence-electron chi connectivity index (χ0n) is 17.9. The lowest BCUT2D eigenvalue weighted by Crippen LogP contribution is -2.41. The summed E-state index contributed by atoms with van der Waals surface area (Å²) in [6.45, 7) is 16.8. The molecule has 0 aliphatic rings. The van der Waals surface area contributed by atoms with Crippen molar-refractivity contribution in [2.45, 2.75) is 96.8 Å². The predicted molar refractivity (Wildman–Crippen MR) is 121 cm³/mol. The van der Waals surface area contributed by atoms with Gasteiger partial charge in [0, 0.05) is 4.90 Å². The molecule has 1 aromatic carbocycles. The predicted octanol–water partition coefficient (Wildman–Crippen LogP) is 7.82. The molecule has 0 aliphatic heterocycles. The van der Waals surface area contributed by atoms with Gasteiger partial charge in [-0.05, 0) is 48.3 Å². The summed E-state index contributed by atoms with van der Waals surface area (Å²) in [5.74, 6) is 2.44. The number of hydrogen-bond donors (Lipinski definition) is 1. The highest BCUT2D eigenvalue weighted by atomic mass is 32.1. The fraction of sp³-hybridized carbons (Fsp3) is 0.739. The molecule has 0 fully saturated rings. The number of benzene rings is 1. The number of aryl methyl sites for hydroxylation is 1. The van der Waals surface area contributed by atoms with E-state index >= 15 is 0 Å². The van der Waals surface area contributed by atoms with Gasteiger partial charge < -0.3 is 0 Å². The van der Waals surface area contributed by atoms with Crippen LogP contribution in [-0.4, -0.2) is 8.07 Å². The molecule has 0 atom stereocenters. The Balaban J connectivity index is 3.13. The normalized spacial score (nSPS) is 12.6. The molecule has 0 N–H and O–H groups in total. The van der Waals surface area contributed by atoms with Gasteiger partial charge in [0.1, 0.15) is 0 Å². The number of rotatable bonds is 11. The van der Waals surface area contributed by atoms with E-state index in [1.54, 1.807) is 5.56 Å². The van der Waals surface area contributed by atoms with E-state index in [0.29, 0.717) is 0 Å². The first-order valence-corrected chi connectivity index (χ1v) is 13.8. The first-order valence-electron chi connectivity index (χ1n) is 10.5. The molecule has 0 amide bonds. The summed E-state index contributed by atoms with van der Waals surface area (Å²) in [5, 5.41) is 0. The molecule has 0 unspecified atom stereocenters. The number of hydrogen-bond acceptors (Lipinski definition) is 1. The number of thiol groups is 1. The van der Waals surface area contributed by atoms with Gasteiger partial charge in [-0.25, -0.2) is 0 Å². The fourth-order valence-corrected chi connectivity index (χ4v) is 12.3. The van der Waals surface area contributed by atoms with Crippen LogP contribution in [0.25, 0.3) is 0 Å². The standard InChI is InChI=1S/C23H42SSi/c1-8-9-10-22-13-21(11-12-23(22)24)17-25(14-18(2)3,15-19(4)5)16-20(6)7/h11-13,18-20,24H,8-10,14-17H2,1-7H3. The summed E-state index contributed by atoms with van der Waals surface area (Å²) < 4.78 is 0. The van der Waals surface area contributed by atoms with Crippen molar-refractivity contribution in [3.63, 3.8) is 0 Å². The van der Waals surface area contributed by atoms with E-state index in [-0.39, 0.29) is 0 Å². The summed E-state index contributed by atoms with van der Waals surface area (Å²) >= 11 is 4.71. The van der Waals surface area contributed by atoms with E-state index in [2.05, 4.69) is 66.7 Å². The Kier molecular flexibility index (Phi) is 9.88. The molecule has 0 saturated carbocycles. The van der Waals surface area contributed by atoms with Crippen LogP contribution in [0.1, 0.15) is 72.4 Å². The lowest BCUT2D eigenvalue weighted by Gasteiger charge is -2.37. The molecule has 0 aromatic heterocycles. The summed E-state index contributed by atoms with van der Waals surface area (Å²) in [7, 11) is -1.32. The molecule has 0 aliphatic carbocycles. The minimum atomic E-state index is -1.32. The summed E-state index contributed by atoms with van der Waals surface area (Å²) in [5.41, 5.74) is 3.04. The van der Waals surface area contributed by atoms with Crippen LogP contribution in [0.3, 0.4) is 0 Å². The van der Waals surface area contributed by atoms with Crippen molar-refractivity contribution >= 4 is 20.7 Å². The van der Waals surface area contributed by atoms with E-state index in [1.807, 2.05) is 0 Å². The van der Waals surface area contributed by atoms with E-state index in [9.17, 15) is 0 Å². The Bertz CT molecular complexity index is 478. The van der Waals surface area contributed by atoms with Gasteiger partial charge in [-0.3, -0.25) is 0 Å². The van der Waals surface area contributed by atoms with E-state index in [4.69, 9.17) is 12.6 Å². The highest BCUT2D eigenvalue weighted by Crippen LogP contribution is 2.35. The van der Waals surface area contributed by atoms with Gasteiger partial charge in [-0.1, -0.05) is 90.7 Å². The third-order valence-electron chi connectivity index (χ3n) is 5.05. The van der Waals surface area contributed by atoms with Gasteiger partial charge in [0.15, 0.2) is 0 Å². The molecule has 0 nitrogen and oxygen atoms in total. The van der Waals surface area contributed by atoms with Crippen molar-refractivity contribution in [3.8, 4) is 0 Å². The average Bonchev–Trinajstić information content (AvgIpc) is 2.45. The Morgan fingerprint density at radius 2 is 1.40 bits per heavy atom. The zero-order chi connectivity index (χ0) is 19.0. The van der Waals surface area contributed by atoms with Crippen LogP contribution in [0.15, 0.2) is 23.1 Å². The van der Waals surface area contributed by atoms with Crippen LogP contribution < -0.4 is 0 Å². The van der Waals surface area contributed by atoms with Gasteiger partial charge in [-0.2, -0.15) is 0 Å². The fourth-order valence-electron chi connectivity index (χ4n) is 4.81. The Morgan fingerprint density at radius 1 is 0.880 bits per heavy atom. The molecular weight excluding hydrogens is 336 g/mol. The maximum atomic E-state index is 4.71. The van der Waals surface area contributed by atoms with Gasteiger partial charge in [0.2, 0.25) is 0 Å². The molecule has 2 heteroatoms. The summed E-state index contributed by atoms with van der Waals surface area (Å²) in [4.78, 5) is 1.18. The SMILES string of the molecule is CCCCc1cc(C[Si](CC(C)C)(CC(C)C)CC(C)C)ccc1S. The minimum Gasteiger partial charge on any atom is -0.143 e. The zero-order valence-corrected chi connectivity index (χ0v) is 19.8. The van der Waals surface area contributed by atoms with E-state index in [0.717, 1.165) is 17.8 Å². The summed E-state index contributed by atoms with van der Waals surface area (Å²) in [6, 6.07) is 12.9. The maximum Gasteiger partial charge on any atom is 0.0587 e. The van der Waals surface area contributed by atoms with Gasteiger partial charge >= 0.3 is 0 Å². The Labute approximate surface area is 164 Å². The van der Waals surface area contributed by atoms with Gasteiger partial charge in [0.05, 0.1) is 8.07 Å². The largest absolute Gasteiger partial charge is 0.143 e. The van der Waals surface area contributed by atoms with Crippen molar-refractivity contribution in [1.29, 1.82) is 0 Å². The smallest absolute Gasteiger partial charge is 0.0587 e. The molecule has 0 saturated heterocycles. The highest BCUT2D eigenvalue weighted by molar-refractivity contribution is 7.80. The van der Waals surface area contributed by atoms with Crippen molar-refractivity contribution in [1.82, 2.24) is 0 Å². The Hall–Kier alpha value is -0.213. The lowest BCUT2D eigenvalue weighted by atomic mass is 10.1. The molecule has 1 aromatic rings. The second-order valence-corrected chi connectivity index (χ2v) is 14.6. The molecule has 0 heterocycles. The molecule has 144 valence electrons. The van der Waals surface area contributed by atoms with Crippen molar-refractivity contribution < 1.29 is 0 Å². The molecule has 0 bridgehead atoms. The van der Waals surface area contributed by atoms with Gasteiger partial charge in [-0.15, -0.1) is 12.6 Å². The van der Waals surface area contributed by atoms with Crippen LogP contribution in [0.4, 0.5) is 0 Å². The quantitative estimate of drug-likeness (QED) is 0.294. The van der Waals surface area contributed by atoms with Crippen molar-refractivity contribution in [2.24, 2.45) is 17.8 Å². The van der Waals surface area contributed by atoms with E-state index < -0.39 is 8.07 Å². The molecule has 1 rings (SSSR count). The second-order valence-electron chi connectivity index (χ2n) is 9.54. The average molecular weight is 379 g/mol. The minimum absolute atomic E-state index is 0.813. The topological polar surface area (TPSA) is 0 Å². The maximum absolute atomic E-state index is 4.71. The van der Waals surface area contributed by atoms with Crippen LogP contribution >= 0.6 is 12.6 Å². The van der Waals surface area contributed by atoms with Gasteiger partial charge in [0.25, 0.3) is 0 Å². The van der Waals surface area contributed by atoms with Crippen LogP contribution in [0.5, 0.6) is 0 Å². The van der Waals surface area contributed by atoms with E-state index in [1.165, 1.54) is 53.9 Å². The monoisotopic (exact) mass is 378 g/mol. The Morgan fingerprint density at radius 3 is 1.84 bits per heavy atom. The third-order valence-corrected chi connectivity index (χ3v) is 11.7. The van der Waals surface area contributed by atoms with Crippen molar-refractivity contribution in [2.75, 3.05) is 0 Å². The molecule has 0 radical (unpaired) electrons. The summed E-state index contributed by atoms with van der Waals surface area (Å²) in [6.07, 6.45) is 3.70. The highest BCUT2D eigenvalue weighted by Gasteiger charge is 2.35. The van der Waals surface area contributed by atoms with Crippen LogP contribution in [-0.2, 0) is 12.5 Å².